The minimum absolute atomic E-state index is 0.0707. The summed E-state index contributed by atoms with van der Waals surface area (Å²) in [5.41, 5.74) is 2.46. The fourth-order valence-electron chi connectivity index (χ4n) is 3.84. The molecule has 2 atom stereocenters. The number of rotatable bonds is 4. The Morgan fingerprint density at radius 1 is 1.23 bits per heavy atom. The third kappa shape index (κ3) is 3.21. The number of aromatic nitrogens is 3. The van der Waals surface area contributed by atoms with Crippen LogP contribution in [0.1, 0.15) is 54.5 Å². The lowest BCUT2D eigenvalue weighted by molar-refractivity contribution is 0.0799. The zero-order valence-corrected chi connectivity index (χ0v) is 16.5. The van der Waals surface area contributed by atoms with E-state index in [4.69, 9.17) is 0 Å². The highest BCUT2D eigenvalue weighted by molar-refractivity contribution is 8.00. The number of likely N-dealkylation sites (tertiary alicyclic amines) is 1. The van der Waals surface area contributed by atoms with Gasteiger partial charge in [-0.2, -0.15) is 4.68 Å². The second-order valence-corrected chi connectivity index (χ2v) is 8.64. The summed E-state index contributed by atoms with van der Waals surface area (Å²) in [5, 5.41) is 4.98. The molecule has 1 aromatic heterocycles. The molecule has 2 aliphatic rings. The average molecular weight is 371 g/mol. The minimum atomic E-state index is -0.174. The van der Waals surface area contributed by atoms with Gasteiger partial charge in [0.1, 0.15) is 5.25 Å². The molecule has 138 valence electrons. The first kappa shape index (κ1) is 17.7. The van der Waals surface area contributed by atoms with Crippen LogP contribution in [0, 0.1) is 12.8 Å². The fraction of sp³-hybridized carbons (Fsp3) is 0.550. The number of nitrogens with zero attached hydrogens (tertiary/aromatic N) is 4. The molecule has 0 N–H and O–H groups in total. The number of hydrogen-bond acceptors (Lipinski definition) is 5. The van der Waals surface area contributed by atoms with Crippen LogP contribution in [0.5, 0.6) is 0 Å². The van der Waals surface area contributed by atoms with Crippen molar-refractivity contribution in [2.45, 2.75) is 56.5 Å². The molecule has 26 heavy (non-hydrogen) atoms. The highest BCUT2D eigenvalue weighted by atomic mass is 32.2. The SMILES string of the molecule is CCc1nc2n(n1)C(=O)C(C(c1ccc(C)cc1)N1CCC(C)CC1)S2. The second-order valence-electron chi connectivity index (χ2n) is 7.53. The molecular formula is C20H26N4OS. The van der Waals surface area contributed by atoms with Gasteiger partial charge < -0.3 is 0 Å². The van der Waals surface area contributed by atoms with Crippen LogP contribution < -0.4 is 0 Å². The highest BCUT2D eigenvalue weighted by Gasteiger charge is 2.43. The van der Waals surface area contributed by atoms with Crippen LogP contribution in [0.2, 0.25) is 0 Å². The van der Waals surface area contributed by atoms with E-state index in [-0.39, 0.29) is 17.2 Å². The molecule has 1 fully saturated rings. The number of thioether (sulfide) groups is 1. The van der Waals surface area contributed by atoms with Crippen molar-refractivity contribution in [1.29, 1.82) is 0 Å². The summed E-state index contributed by atoms with van der Waals surface area (Å²) >= 11 is 1.58. The minimum Gasteiger partial charge on any atom is -0.295 e. The lowest BCUT2D eigenvalue weighted by atomic mass is 9.93. The van der Waals surface area contributed by atoms with Crippen molar-refractivity contribution >= 4 is 17.7 Å². The summed E-state index contributed by atoms with van der Waals surface area (Å²) in [6.45, 7) is 8.52. The lowest BCUT2D eigenvalue weighted by Crippen LogP contribution is -2.42. The predicted octanol–water partition coefficient (Wildman–Crippen LogP) is 3.74. The van der Waals surface area contributed by atoms with Crippen molar-refractivity contribution in [3.8, 4) is 0 Å². The molecule has 6 heteroatoms. The summed E-state index contributed by atoms with van der Waals surface area (Å²) in [6, 6.07) is 8.72. The molecule has 2 aromatic rings. The molecule has 5 nitrogen and oxygen atoms in total. The number of carbonyl (C=O) groups excluding carboxylic acids is 1. The zero-order valence-electron chi connectivity index (χ0n) is 15.7. The van der Waals surface area contributed by atoms with Crippen LogP contribution in [-0.2, 0) is 6.42 Å². The number of piperidine rings is 1. The molecule has 2 aliphatic heterocycles. The van der Waals surface area contributed by atoms with Crippen LogP contribution in [0.4, 0.5) is 0 Å². The maximum Gasteiger partial charge on any atom is 0.264 e. The quantitative estimate of drug-likeness (QED) is 0.821. The summed E-state index contributed by atoms with van der Waals surface area (Å²) in [5.74, 6) is 1.58. The molecule has 4 rings (SSSR count). The van der Waals surface area contributed by atoms with Gasteiger partial charge in [-0.15, -0.1) is 5.10 Å². The molecule has 2 unspecified atom stereocenters. The Labute approximate surface area is 159 Å². The Bertz CT molecular complexity index is 793. The van der Waals surface area contributed by atoms with Gasteiger partial charge in [0, 0.05) is 6.42 Å². The van der Waals surface area contributed by atoms with Gasteiger partial charge in [-0.3, -0.25) is 9.69 Å². The van der Waals surface area contributed by atoms with Gasteiger partial charge >= 0.3 is 0 Å². The van der Waals surface area contributed by atoms with Crippen LogP contribution in [0.15, 0.2) is 29.4 Å². The predicted molar refractivity (Wildman–Crippen MR) is 104 cm³/mol. The first-order chi connectivity index (χ1) is 12.6. The van der Waals surface area contributed by atoms with Crippen molar-refractivity contribution < 1.29 is 4.79 Å². The van der Waals surface area contributed by atoms with Gasteiger partial charge in [-0.1, -0.05) is 55.4 Å². The van der Waals surface area contributed by atoms with Gasteiger partial charge in [0.25, 0.3) is 5.91 Å². The standard InChI is InChI=1S/C20H26N4OS/c1-4-16-21-20-24(22-16)19(25)18(26-20)17(15-7-5-13(2)6-8-15)23-11-9-14(3)10-12-23/h5-8,14,17-18H,4,9-12H2,1-3H3. The summed E-state index contributed by atoms with van der Waals surface area (Å²) < 4.78 is 1.53. The fourth-order valence-corrected chi connectivity index (χ4v) is 5.11. The number of benzene rings is 1. The second kappa shape index (κ2) is 7.16. The van der Waals surface area contributed by atoms with E-state index >= 15 is 0 Å². The number of aryl methyl sites for hydroxylation is 2. The Morgan fingerprint density at radius 2 is 1.92 bits per heavy atom. The summed E-state index contributed by atoms with van der Waals surface area (Å²) in [6.07, 6.45) is 3.14. The number of carbonyl (C=O) groups is 1. The Kier molecular flexibility index (Phi) is 4.88. The van der Waals surface area contributed by atoms with Crippen LogP contribution in [0.25, 0.3) is 0 Å². The Morgan fingerprint density at radius 3 is 2.54 bits per heavy atom. The molecule has 0 bridgehead atoms. The van der Waals surface area contributed by atoms with Crippen LogP contribution >= 0.6 is 11.8 Å². The Balaban J connectivity index is 1.66. The third-order valence-corrected chi connectivity index (χ3v) is 6.73. The zero-order chi connectivity index (χ0) is 18.3. The van der Waals surface area contributed by atoms with Crippen molar-refractivity contribution in [3.05, 3.63) is 41.2 Å². The van der Waals surface area contributed by atoms with E-state index in [9.17, 15) is 4.79 Å². The van der Waals surface area contributed by atoms with Crippen LogP contribution in [0.3, 0.4) is 0 Å². The summed E-state index contributed by atoms with van der Waals surface area (Å²) in [4.78, 5) is 20.2. The van der Waals surface area contributed by atoms with Gasteiger partial charge in [-0.05, 0) is 44.3 Å². The molecule has 0 amide bonds. The highest BCUT2D eigenvalue weighted by Crippen LogP contribution is 2.42. The molecule has 0 spiro atoms. The normalized spacial score (nSPS) is 22.6. The number of hydrogen-bond donors (Lipinski definition) is 0. The molecule has 0 saturated carbocycles. The molecule has 1 aromatic carbocycles. The van der Waals surface area contributed by atoms with E-state index in [1.165, 1.54) is 28.7 Å². The van der Waals surface area contributed by atoms with Gasteiger partial charge in [0.2, 0.25) is 0 Å². The van der Waals surface area contributed by atoms with Gasteiger partial charge in [-0.25, -0.2) is 4.98 Å². The van der Waals surface area contributed by atoms with Crippen molar-refractivity contribution in [3.63, 3.8) is 0 Å². The summed E-state index contributed by atoms with van der Waals surface area (Å²) in [7, 11) is 0. The van der Waals surface area contributed by atoms with Crippen LogP contribution in [-0.4, -0.2) is 43.9 Å². The van der Waals surface area contributed by atoms with E-state index in [1.807, 2.05) is 6.92 Å². The van der Waals surface area contributed by atoms with E-state index in [1.54, 1.807) is 11.8 Å². The van der Waals surface area contributed by atoms with Crippen molar-refractivity contribution in [1.82, 2.24) is 19.7 Å². The number of fused-ring (bicyclic) bond motifs is 1. The molecule has 1 saturated heterocycles. The van der Waals surface area contributed by atoms with Crippen molar-refractivity contribution in [2.75, 3.05) is 13.1 Å². The Hall–Kier alpha value is -1.66. The smallest absolute Gasteiger partial charge is 0.264 e. The molecule has 3 heterocycles. The molecule has 0 radical (unpaired) electrons. The van der Waals surface area contributed by atoms with E-state index in [0.717, 1.165) is 36.4 Å². The maximum absolute atomic E-state index is 13.1. The maximum atomic E-state index is 13.1. The topological polar surface area (TPSA) is 51.0 Å². The van der Waals surface area contributed by atoms with Gasteiger partial charge in [0.15, 0.2) is 11.0 Å². The largest absolute Gasteiger partial charge is 0.295 e. The first-order valence-electron chi connectivity index (χ1n) is 9.54. The monoisotopic (exact) mass is 370 g/mol. The first-order valence-corrected chi connectivity index (χ1v) is 10.4. The third-order valence-electron chi connectivity index (χ3n) is 5.54. The van der Waals surface area contributed by atoms with E-state index < -0.39 is 0 Å². The molecule has 0 aliphatic carbocycles. The average Bonchev–Trinajstić information content (AvgIpc) is 3.18. The van der Waals surface area contributed by atoms with Gasteiger partial charge in [0.05, 0.1) is 6.04 Å². The van der Waals surface area contributed by atoms with E-state index in [2.05, 4.69) is 53.1 Å². The lowest BCUT2D eigenvalue weighted by Gasteiger charge is -2.38. The van der Waals surface area contributed by atoms with Crippen molar-refractivity contribution in [2.24, 2.45) is 5.92 Å². The van der Waals surface area contributed by atoms with E-state index in [0.29, 0.717) is 0 Å². The molecular weight excluding hydrogens is 344 g/mol.